The highest BCUT2D eigenvalue weighted by Crippen LogP contribution is 2.44. The van der Waals surface area contributed by atoms with Crippen molar-refractivity contribution in [1.82, 2.24) is 5.32 Å². The van der Waals surface area contributed by atoms with E-state index in [1.165, 1.54) is 14.0 Å². The minimum Gasteiger partial charge on any atom is -0.449 e. The molecule has 6 nitrogen and oxygen atoms in total. The van der Waals surface area contributed by atoms with Crippen molar-refractivity contribution in [2.45, 2.75) is 18.9 Å². The lowest BCUT2D eigenvalue weighted by atomic mass is 9.98. The number of amides is 1. The molecule has 0 saturated carbocycles. The molecule has 0 aliphatic heterocycles. The zero-order valence-electron chi connectivity index (χ0n) is 14.0. The lowest BCUT2D eigenvalue weighted by Crippen LogP contribution is -2.40. The summed E-state index contributed by atoms with van der Waals surface area (Å²) in [5.74, 6) is -0.726. The first-order valence-electron chi connectivity index (χ1n) is 7.98. The summed E-state index contributed by atoms with van der Waals surface area (Å²) < 4.78 is 5.34. The molecule has 2 aromatic carbocycles. The predicted molar refractivity (Wildman–Crippen MR) is 90.8 cm³/mol. The van der Waals surface area contributed by atoms with Crippen LogP contribution >= 0.6 is 0 Å². The molecular formula is C19H19NO5. The number of hydrogen-bond acceptors (Lipinski definition) is 5. The first kappa shape index (κ1) is 17.0. The second-order valence-electron chi connectivity index (χ2n) is 5.76. The van der Waals surface area contributed by atoms with Crippen molar-refractivity contribution in [2.75, 3.05) is 13.7 Å². The summed E-state index contributed by atoms with van der Waals surface area (Å²) in [5, 5.41) is 2.42. The maximum absolute atomic E-state index is 12.0. The largest absolute Gasteiger partial charge is 0.449 e. The fourth-order valence-corrected chi connectivity index (χ4v) is 3.03. The van der Waals surface area contributed by atoms with E-state index in [4.69, 9.17) is 4.74 Å². The van der Waals surface area contributed by atoms with Crippen molar-refractivity contribution in [2.24, 2.45) is 0 Å². The Hall–Kier alpha value is -2.86. The molecule has 1 N–H and O–H groups in total. The molecule has 0 aromatic heterocycles. The van der Waals surface area contributed by atoms with E-state index in [2.05, 4.69) is 27.2 Å². The summed E-state index contributed by atoms with van der Waals surface area (Å²) in [7, 11) is 1.22. The van der Waals surface area contributed by atoms with Crippen LogP contribution in [0.4, 0.5) is 4.79 Å². The molecule has 3 rings (SSSR count). The van der Waals surface area contributed by atoms with Crippen LogP contribution in [0.15, 0.2) is 48.5 Å². The minimum absolute atomic E-state index is 0.0283. The molecule has 25 heavy (non-hydrogen) atoms. The van der Waals surface area contributed by atoms with Crippen LogP contribution in [0.25, 0.3) is 11.1 Å². The molecule has 6 heteroatoms. The average molecular weight is 341 g/mol. The second kappa shape index (κ2) is 7.36. The predicted octanol–water partition coefficient (Wildman–Crippen LogP) is 3.02. The number of carbonyl (C=O) groups is 2. The Balaban J connectivity index is 1.67. The lowest BCUT2D eigenvalue weighted by molar-refractivity contribution is -0.256. The Morgan fingerprint density at radius 3 is 2.16 bits per heavy atom. The Bertz CT molecular complexity index is 743. The van der Waals surface area contributed by atoms with Gasteiger partial charge in [0.15, 0.2) is 0 Å². The monoisotopic (exact) mass is 341 g/mol. The van der Waals surface area contributed by atoms with Gasteiger partial charge in [-0.1, -0.05) is 48.5 Å². The highest BCUT2D eigenvalue weighted by Gasteiger charge is 2.29. The number of benzene rings is 2. The van der Waals surface area contributed by atoms with E-state index in [1.807, 2.05) is 36.4 Å². The number of fused-ring (bicyclic) bond motifs is 3. The van der Waals surface area contributed by atoms with Crippen LogP contribution in [0.5, 0.6) is 0 Å². The van der Waals surface area contributed by atoms with Gasteiger partial charge in [-0.15, -0.1) is 0 Å². The zero-order valence-corrected chi connectivity index (χ0v) is 14.0. The van der Waals surface area contributed by atoms with E-state index in [0.29, 0.717) is 0 Å². The number of ether oxygens (including phenoxy) is 1. The van der Waals surface area contributed by atoms with E-state index >= 15 is 0 Å². The van der Waals surface area contributed by atoms with Crippen LogP contribution in [-0.4, -0.2) is 31.8 Å². The first-order valence-corrected chi connectivity index (χ1v) is 7.98. The Morgan fingerprint density at radius 2 is 1.60 bits per heavy atom. The van der Waals surface area contributed by atoms with Crippen molar-refractivity contribution < 1.29 is 24.1 Å². The summed E-state index contributed by atoms with van der Waals surface area (Å²) in [4.78, 5) is 32.1. The summed E-state index contributed by atoms with van der Waals surface area (Å²) in [5.41, 5.74) is 4.57. The maximum Gasteiger partial charge on any atom is 0.407 e. The second-order valence-corrected chi connectivity index (χ2v) is 5.76. The van der Waals surface area contributed by atoms with Gasteiger partial charge in [-0.2, -0.15) is 4.89 Å². The molecule has 0 fully saturated rings. The van der Waals surface area contributed by atoms with Gasteiger partial charge in [0.25, 0.3) is 0 Å². The lowest BCUT2D eigenvalue weighted by Gasteiger charge is -2.16. The number of nitrogens with one attached hydrogen (secondary N) is 1. The third kappa shape index (κ3) is 3.49. The summed E-state index contributed by atoms with van der Waals surface area (Å²) in [6.07, 6.45) is -0.678. The summed E-state index contributed by atoms with van der Waals surface area (Å²) in [6, 6.07) is 15.3. The van der Waals surface area contributed by atoms with Crippen molar-refractivity contribution in [3.63, 3.8) is 0 Å². The highest BCUT2D eigenvalue weighted by molar-refractivity contribution is 5.81. The topological polar surface area (TPSA) is 73.9 Å². The van der Waals surface area contributed by atoms with Gasteiger partial charge >= 0.3 is 12.1 Å². The first-order chi connectivity index (χ1) is 12.1. The number of carbonyl (C=O) groups excluding carboxylic acids is 2. The van der Waals surface area contributed by atoms with E-state index in [9.17, 15) is 9.59 Å². The van der Waals surface area contributed by atoms with E-state index in [-0.39, 0.29) is 12.5 Å². The third-order valence-electron chi connectivity index (χ3n) is 4.20. The normalized spacial score (nSPS) is 13.5. The fraction of sp³-hybridized carbons (Fsp3) is 0.263. The fourth-order valence-electron chi connectivity index (χ4n) is 3.03. The third-order valence-corrected chi connectivity index (χ3v) is 4.20. The number of alkyl carbamates (subject to hydrolysis) is 1. The number of rotatable bonds is 5. The van der Waals surface area contributed by atoms with Crippen molar-refractivity contribution in [3.8, 4) is 11.1 Å². The molecular weight excluding hydrogens is 322 g/mol. The molecule has 1 atom stereocenters. The van der Waals surface area contributed by atoms with Gasteiger partial charge < -0.3 is 10.1 Å². The smallest absolute Gasteiger partial charge is 0.407 e. The van der Waals surface area contributed by atoms with Gasteiger partial charge in [-0.3, -0.25) is 4.89 Å². The molecule has 1 aliphatic carbocycles. The highest BCUT2D eigenvalue weighted by atomic mass is 17.2. The van der Waals surface area contributed by atoms with Crippen LogP contribution < -0.4 is 5.32 Å². The molecule has 0 radical (unpaired) electrons. The van der Waals surface area contributed by atoms with Crippen LogP contribution in [0.1, 0.15) is 24.0 Å². The molecule has 0 bridgehead atoms. The molecule has 1 unspecified atom stereocenters. The van der Waals surface area contributed by atoms with Crippen molar-refractivity contribution in [3.05, 3.63) is 59.7 Å². The molecule has 0 spiro atoms. The van der Waals surface area contributed by atoms with Crippen LogP contribution in [0, 0.1) is 0 Å². The van der Waals surface area contributed by atoms with Gasteiger partial charge in [0, 0.05) is 5.92 Å². The maximum atomic E-state index is 12.0. The summed E-state index contributed by atoms with van der Waals surface area (Å²) >= 11 is 0. The van der Waals surface area contributed by atoms with Crippen LogP contribution in [-0.2, 0) is 19.3 Å². The molecule has 2 aromatic rings. The Morgan fingerprint density at radius 1 is 1.04 bits per heavy atom. The van der Waals surface area contributed by atoms with Gasteiger partial charge in [-0.05, 0) is 29.2 Å². The summed E-state index contributed by atoms with van der Waals surface area (Å²) in [6.45, 7) is 1.68. The van der Waals surface area contributed by atoms with Crippen molar-refractivity contribution in [1.29, 1.82) is 0 Å². The van der Waals surface area contributed by atoms with E-state index < -0.39 is 18.1 Å². The van der Waals surface area contributed by atoms with Gasteiger partial charge in [0.2, 0.25) is 0 Å². The Labute approximate surface area is 145 Å². The average Bonchev–Trinajstić information content (AvgIpc) is 2.94. The van der Waals surface area contributed by atoms with E-state index in [1.54, 1.807) is 0 Å². The quantitative estimate of drug-likeness (QED) is 0.668. The van der Waals surface area contributed by atoms with Crippen molar-refractivity contribution >= 4 is 12.1 Å². The molecule has 130 valence electrons. The van der Waals surface area contributed by atoms with Gasteiger partial charge in [-0.25, -0.2) is 9.59 Å². The van der Waals surface area contributed by atoms with E-state index in [0.717, 1.165) is 22.3 Å². The molecule has 1 aliphatic rings. The minimum atomic E-state index is -0.865. The molecule has 0 heterocycles. The van der Waals surface area contributed by atoms with Gasteiger partial charge in [0.05, 0.1) is 7.11 Å². The van der Waals surface area contributed by atoms with Crippen LogP contribution in [0.2, 0.25) is 0 Å². The number of hydrogen-bond donors (Lipinski definition) is 1. The molecule has 0 saturated heterocycles. The standard InChI is InChI=1S/C19H19NO5/c1-12(18(21)25-23-2)20-19(22)24-11-17-15-9-5-3-7-13(15)14-8-4-6-10-16(14)17/h3-10,12,17H,11H2,1-2H3,(H,20,22). The molecule has 1 amide bonds. The SMILES string of the molecule is COOC(=O)C(C)NC(=O)OCC1c2ccccc2-c2ccccc21. The van der Waals surface area contributed by atoms with Gasteiger partial charge in [0.1, 0.15) is 12.6 Å². The van der Waals surface area contributed by atoms with Crippen LogP contribution in [0.3, 0.4) is 0 Å². The Kier molecular flexibility index (Phi) is 5.00. The zero-order chi connectivity index (χ0) is 17.8.